The molecule has 0 spiro atoms. The number of nitrogens with zero attached hydrogens (tertiary/aromatic N) is 2. The third-order valence-corrected chi connectivity index (χ3v) is 3.08. The summed E-state index contributed by atoms with van der Waals surface area (Å²) in [4.78, 5) is 2.00. The summed E-state index contributed by atoms with van der Waals surface area (Å²) in [6.45, 7) is 0. The van der Waals surface area contributed by atoms with Crippen LogP contribution < -0.4 is 4.90 Å². The lowest BCUT2D eigenvalue weighted by molar-refractivity contribution is 0.616. The third kappa shape index (κ3) is 2.39. The van der Waals surface area contributed by atoms with Gasteiger partial charge in [-0.3, -0.25) is 0 Å². The molecule has 0 saturated carbocycles. The molecule has 0 saturated heterocycles. The molecule has 5 heteroatoms. The van der Waals surface area contributed by atoms with Crippen LogP contribution in [0.5, 0.6) is 0 Å². The fourth-order valence-corrected chi connectivity index (χ4v) is 2.35. The lowest BCUT2D eigenvalue weighted by Gasteiger charge is -2.21. The summed E-state index contributed by atoms with van der Waals surface area (Å²) >= 11 is 0. The van der Waals surface area contributed by atoms with Gasteiger partial charge in [0.05, 0.1) is 5.71 Å². The van der Waals surface area contributed by atoms with E-state index in [1.165, 1.54) is 0 Å². The molecule has 0 radical (unpaired) electrons. The minimum absolute atomic E-state index is 0.563. The van der Waals surface area contributed by atoms with Crippen molar-refractivity contribution in [2.75, 3.05) is 19.0 Å². The van der Waals surface area contributed by atoms with E-state index in [0.29, 0.717) is 12.1 Å². The molecule has 4 nitrogen and oxygen atoms in total. The van der Waals surface area contributed by atoms with Crippen molar-refractivity contribution >= 4 is 28.4 Å². The minimum atomic E-state index is -2.73. The number of hydrogen-bond acceptors (Lipinski definition) is 3. The Morgan fingerprint density at radius 2 is 2.06 bits per heavy atom. The molecule has 0 aliphatic heterocycles. The van der Waals surface area contributed by atoms with Gasteiger partial charge in [-0.1, -0.05) is 24.3 Å². The van der Waals surface area contributed by atoms with Crippen molar-refractivity contribution < 1.29 is 8.42 Å². The normalized spacial score (nSPS) is 16.3. The summed E-state index contributed by atoms with van der Waals surface area (Å²) < 4.78 is 25.1. The molecule has 1 aliphatic carbocycles. The van der Waals surface area contributed by atoms with Crippen molar-refractivity contribution in [3.05, 3.63) is 35.4 Å². The van der Waals surface area contributed by atoms with Gasteiger partial charge >= 0.3 is 0 Å². The molecule has 17 heavy (non-hydrogen) atoms. The highest BCUT2D eigenvalue weighted by Crippen LogP contribution is 2.28. The Hall–Kier alpha value is -1.62. The number of anilines is 1. The van der Waals surface area contributed by atoms with Gasteiger partial charge in [0.1, 0.15) is 0 Å². The fraction of sp³-hybridized carbons (Fsp3) is 0.250. The average Bonchev–Trinajstić information content (AvgIpc) is 2.28. The second-order valence-corrected chi connectivity index (χ2v) is 4.70. The second-order valence-electron chi connectivity index (χ2n) is 4.02. The Labute approximate surface area is 102 Å². The Morgan fingerprint density at radius 1 is 1.29 bits per heavy atom. The molecule has 1 aromatic carbocycles. The maximum absolute atomic E-state index is 10.7. The van der Waals surface area contributed by atoms with Crippen LogP contribution in [0.4, 0.5) is 5.69 Å². The van der Waals surface area contributed by atoms with Gasteiger partial charge < -0.3 is 4.90 Å². The van der Waals surface area contributed by atoms with Gasteiger partial charge in [-0.05, 0) is 6.07 Å². The van der Waals surface area contributed by atoms with Crippen LogP contribution in [0, 0.1) is 0 Å². The van der Waals surface area contributed by atoms with Crippen LogP contribution in [-0.2, 0) is 10.9 Å². The molecule has 0 atom stereocenters. The molecule has 0 heterocycles. The van der Waals surface area contributed by atoms with E-state index in [9.17, 15) is 8.42 Å². The van der Waals surface area contributed by atoms with E-state index in [-0.39, 0.29) is 0 Å². The van der Waals surface area contributed by atoms with Crippen molar-refractivity contribution in [1.82, 2.24) is 0 Å². The highest BCUT2D eigenvalue weighted by Gasteiger charge is 2.15. The SMILES string of the molecule is CN(C)c1cccc2c1C=CCC2=N[SH](=O)=O. The van der Waals surface area contributed by atoms with Gasteiger partial charge in [-0.25, -0.2) is 8.42 Å². The number of fused-ring (bicyclic) bond motifs is 1. The Morgan fingerprint density at radius 3 is 2.71 bits per heavy atom. The predicted octanol–water partition coefficient (Wildman–Crippen LogP) is 1.48. The lowest BCUT2D eigenvalue weighted by Crippen LogP contribution is -2.14. The highest BCUT2D eigenvalue weighted by molar-refractivity contribution is 7.71. The molecule has 0 amide bonds. The third-order valence-electron chi connectivity index (χ3n) is 2.67. The summed E-state index contributed by atoms with van der Waals surface area (Å²) in [5, 5.41) is 0. The van der Waals surface area contributed by atoms with Gasteiger partial charge in [0, 0.05) is 37.3 Å². The van der Waals surface area contributed by atoms with E-state index in [4.69, 9.17) is 0 Å². The molecule has 90 valence electrons. The van der Waals surface area contributed by atoms with Crippen LogP contribution in [0.25, 0.3) is 6.08 Å². The van der Waals surface area contributed by atoms with Gasteiger partial charge in [-0.2, -0.15) is 4.40 Å². The lowest BCUT2D eigenvalue weighted by atomic mass is 9.94. The van der Waals surface area contributed by atoms with E-state index in [1.54, 1.807) is 0 Å². The zero-order chi connectivity index (χ0) is 12.4. The molecule has 0 fully saturated rings. The molecular formula is C12H14N2O2S. The van der Waals surface area contributed by atoms with E-state index in [1.807, 2.05) is 49.3 Å². The van der Waals surface area contributed by atoms with Crippen molar-refractivity contribution in [2.45, 2.75) is 6.42 Å². The molecule has 0 N–H and O–H groups in total. The highest BCUT2D eigenvalue weighted by atomic mass is 32.2. The van der Waals surface area contributed by atoms with Crippen LogP contribution in [0.15, 0.2) is 28.7 Å². The molecule has 0 aromatic heterocycles. The molecule has 0 unspecified atom stereocenters. The Balaban J connectivity index is 2.62. The average molecular weight is 250 g/mol. The quantitative estimate of drug-likeness (QED) is 0.809. The van der Waals surface area contributed by atoms with Crippen LogP contribution in [0.3, 0.4) is 0 Å². The Bertz CT molecular complexity index is 564. The molecule has 0 bridgehead atoms. The topological polar surface area (TPSA) is 49.7 Å². The number of thiol groups is 1. The van der Waals surface area contributed by atoms with Gasteiger partial charge in [0.2, 0.25) is 10.9 Å². The molecule has 1 aliphatic rings. The van der Waals surface area contributed by atoms with Crippen molar-refractivity contribution in [3.63, 3.8) is 0 Å². The van der Waals surface area contributed by atoms with Crippen molar-refractivity contribution in [3.8, 4) is 0 Å². The molecular weight excluding hydrogens is 236 g/mol. The summed E-state index contributed by atoms with van der Waals surface area (Å²) in [5.41, 5.74) is 3.60. The maximum atomic E-state index is 10.7. The minimum Gasteiger partial charge on any atom is -0.377 e. The fourth-order valence-electron chi connectivity index (χ4n) is 1.96. The van der Waals surface area contributed by atoms with Gasteiger partial charge in [0.25, 0.3) is 0 Å². The predicted molar refractivity (Wildman–Crippen MR) is 71.3 cm³/mol. The van der Waals surface area contributed by atoms with Crippen molar-refractivity contribution in [2.24, 2.45) is 4.40 Å². The van der Waals surface area contributed by atoms with Crippen molar-refractivity contribution in [1.29, 1.82) is 0 Å². The first-order valence-electron chi connectivity index (χ1n) is 5.28. The van der Waals surface area contributed by atoms with E-state index < -0.39 is 10.9 Å². The first-order valence-corrected chi connectivity index (χ1v) is 6.41. The number of rotatable bonds is 2. The summed E-state index contributed by atoms with van der Waals surface area (Å²) in [6, 6.07) is 5.83. The largest absolute Gasteiger partial charge is 0.377 e. The first-order chi connectivity index (χ1) is 8.09. The Kier molecular flexibility index (Phi) is 3.28. The van der Waals surface area contributed by atoms with E-state index >= 15 is 0 Å². The number of allylic oxidation sites excluding steroid dienone is 1. The van der Waals surface area contributed by atoms with Gasteiger partial charge in [-0.15, -0.1) is 0 Å². The number of hydrogen-bond donors (Lipinski definition) is 1. The smallest absolute Gasteiger partial charge is 0.243 e. The monoisotopic (exact) mass is 250 g/mol. The van der Waals surface area contributed by atoms with Crippen LogP contribution >= 0.6 is 0 Å². The van der Waals surface area contributed by atoms with E-state index in [0.717, 1.165) is 16.8 Å². The zero-order valence-electron chi connectivity index (χ0n) is 9.75. The van der Waals surface area contributed by atoms with Gasteiger partial charge in [0.15, 0.2) is 0 Å². The van der Waals surface area contributed by atoms with E-state index in [2.05, 4.69) is 4.40 Å². The number of benzene rings is 1. The first kappa shape index (κ1) is 11.9. The van der Waals surface area contributed by atoms with Crippen LogP contribution in [0.2, 0.25) is 0 Å². The summed E-state index contributed by atoms with van der Waals surface area (Å²) in [6.07, 6.45) is 4.52. The molecule has 1 aromatic rings. The standard InChI is InChI=1S/C12H14N2O2S/c1-14(2)12-8-4-5-9-10(12)6-3-7-11(9)13-17(15)16/h3-6,8,17H,7H2,1-2H3. The summed E-state index contributed by atoms with van der Waals surface area (Å²) in [5.74, 6) is 0. The van der Waals surface area contributed by atoms with Crippen LogP contribution in [0.1, 0.15) is 17.5 Å². The zero-order valence-corrected chi connectivity index (χ0v) is 10.6. The van der Waals surface area contributed by atoms with Crippen LogP contribution in [-0.4, -0.2) is 28.2 Å². The summed E-state index contributed by atoms with van der Waals surface area (Å²) in [7, 11) is 1.19. The molecule has 2 rings (SSSR count). The second kappa shape index (κ2) is 4.71. The maximum Gasteiger partial charge on any atom is 0.243 e.